The van der Waals surface area contributed by atoms with E-state index >= 15 is 0 Å². The van der Waals surface area contributed by atoms with E-state index in [0.29, 0.717) is 6.54 Å². The molecule has 1 amide bonds. The third-order valence-electron chi connectivity index (χ3n) is 4.57. The average Bonchev–Trinajstić information content (AvgIpc) is 2.60. The fraction of sp³-hybridized carbons (Fsp3) is 0.350. The van der Waals surface area contributed by atoms with E-state index in [0.717, 1.165) is 32.5 Å². The van der Waals surface area contributed by atoms with Crippen LogP contribution in [0, 0.1) is 5.92 Å². The van der Waals surface area contributed by atoms with E-state index in [4.69, 9.17) is 0 Å². The molecule has 1 aliphatic rings. The molecule has 120 valence electrons. The predicted molar refractivity (Wildman–Crippen MR) is 95.2 cm³/mol. The van der Waals surface area contributed by atoms with Gasteiger partial charge in [-0.3, -0.25) is 9.69 Å². The minimum Gasteiger partial charge on any atom is -0.352 e. The molecule has 3 nitrogen and oxygen atoms in total. The van der Waals surface area contributed by atoms with E-state index in [1.165, 1.54) is 16.3 Å². The van der Waals surface area contributed by atoms with Crippen molar-refractivity contribution in [3.8, 4) is 0 Å². The molecular formula is C20H24N2O. The van der Waals surface area contributed by atoms with E-state index in [9.17, 15) is 4.79 Å². The van der Waals surface area contributed by atoms with Crippen molar-refractivity contribution in [3.63, 3.8) is 0 Å². The van der Waals surface area contributed by atoms with Crippen LogP contribution in [-0.4, -0.2) is 30.4 Å². The molecule has 0 radical (unpaired) electrons. The number of hydrogen-bond acceptors (Lipinski definition) is 2. The molecule has 0 bridgehead atoms. The fourth-order valence-corrected chi connectivity index (χ4v) is 3.40. The zero-order chi connectivity index (χ0) is 16.1. The number of benzene rings is 2. The summed E-state index contributed by atoms with van der Waals surface area (Å²) in [7, 11) is 0. The minimum absolute atomic E-state index is 0.0960. The molecule has 3 heteroatoms. The van der Waals surface area contributed by atoms with Crippen LogP contribution in [-0.2, 0) is 11.3 Å². The van der Waals surface area contributed by atoms with Crippen LogP contribution in [0.1, 0.15) is 18.4 Å². The first-order valence-electron chi connectivity index (χ1n) is 8.35. The second-order valence-electron chi connectivity index (χ2n) is 6.25. The maximum Gasteiger partial charge on any atom is 0.224 e. The number of nitrogens with one attached hydrogen (secondary N) is 1. The Hall–Kier alpha value is -2.13. The van der Waals surface area contributed by atoms with Crippen LogP contribution in [0.3, 0.4) is 0 Å². The topological polar surface area (TPSA) is 32.3 Å². The lowest BCUT2D eigenvalue weighted by atomic mass is 9.96. The van der Waals surface area contributed by atoms with Crippen LogP contribution < -0.4 is 5.32 Å². The summed E-state index contributed by atoms with van der Waals surface area (Å²) in [5, 5.41) is 5.53. The number of nitrogens with zero attached hydrogens (tertiary/aromatic N) is 1. The van der Waals surface area contributed by atoms with Gasteiger partial charge in [0.2, 0.25) is 5.91 Å². The highest BCUT2D eigenvalue weighted by Gasteiger charge is 2.25. The first-order valence-corrected chi connectivity index (χ1v) is 8.35. The minimum atomic E-state index is 0.0960. The highest BCUT2D eigenvalue weighted by atomic mass is 16.1. The number of piperidine rings is 1. The van der Waals surface area contributed by atoms with E-state index in [1.807, 2.05) is 0 Å². The van der Waals surface area contributed by atoms with Crippen molar-refractivity contribution >= 4 is 16.7 Å². The van der Waals surface area contributed by atoms with Gasteiger partial charge in [-0.2, -0.15) is 0 Å². The van der Waals surface area contributed by atoms with Crippen LogP contribution in [0.25, 0.3) is 10.8 Å². The lowest BCUT2D eigenvalue weighted by molar-refractivity contribution is -0.126. The summed E-state index contributed by atoms with van der Waals surface area (Å²) in [4.78, 5) is 14.6. The van der Waals surface area contributed by atoms with Gasteiger partial charge in [-0.05, 0) is 35.7 Å². The Balaban J connectivity index is 1.69. The lowest BCUT2D eigenvalue weighted by Crippen LogP contribution is -2.42. The number of fused-ring (bicyclic) bond motifs is 1. The molecule has 0 aromatic heterocycles. The smallest absolute Gasteiger partial charge is 0.224 e. The third kappa shape index (κ3) is 3.80. The van der Waals surface area contributed by atoms with Gasteiger partial charge in [-0.1, -0.05) is 48.5 Å². The first kappa shape index (κ1) is 15.8. The van der Waals surface area contributed by atoms with Crippen molar-refractivity contribution in [1.29, 1.82) is 0 Å². The Morgan fingerprint density at radius 2 is 2.09 bits per heavy atom. The first-order chi connectivity index (χ1) is 11.3. The number of rotatable bonds is 5. The Morgan fingerprint density at radius 3 is 2.96 bits per heavy atom. The fourth-order valence-electron chi connectivity index (χ4n) is 3.40. The van der Waals surface area contributed by atoms with Gasteiger partial charge in [0, 0.05) is 19.6 Å². The Morgan fingerprint density at radius 1 is 1.26 bits per heavy atom. The van der Waals surface area contributed by atoms with E-state index < -0.39 is 0 Å². The van der Waals surface area contributed by atoms with Gasteiger partial charge >= 0.3 is 0 Å². The van der Waals surface area contributed by atoms with Crippen LogP contribution >= 0.6 is 0 Å². The molecule has 1 unspecified atom stereocenters. The molecule has 0 saturated carbocycles. The maximum absolute atomic E-state index is 12.2. The van der Waals surface area contributed by atoms with Gasteiger partial charge in [0.15, 0.2) is 0 Å². The Labute approximate surface area is 138 Å². The van der Waals surface area contributed by atoms with E-state index in [-0.39, 0.29) is 11.8 Å². The van der Waals surface area contributed by atoms with Gasteiger partial charge in [0.1, 0.15) is 0 Å². The SMILES string of the molecule is C=CCNC(=O)C1CCCN(Cc2cccc3ccccc23)C1. The molecule has 2 aromatic rings. The lowest BCUT2D eigenvalue weighted by Gasteiger charge is -2.32. The molecule has 1 aliphatic heterocycles. The predicted octanol–water partition coefficient (Wildman–Crippen LogP) is 3.35. The molecule has 23 heavy (non-hydrogen) atoms. The summed E-state index contributed by atoms with van der Waals surface area (Å²) in [6.07, 6.45) is 3.79. The second-order valence-corrected chi connectivity index (χ2v) is 6.25. The molecule has 1 N–H and O–H groups in total. The summed E-state index contributed by atoms with van der Waals surface area (Å²) in [5.74, 6) is 0.256. The van der Waals surface area contributed by atoms with E-state index in [1.54, 1.807) is 6.08 Å². The second kappa shape index (κ2) is 7.42. The molecule has 1 saturated heterocycles. The van der Waals surface area contributed by atoms with Crippen molar-refractivity contribution in [3.05, 3.63) is 60.7 Å². The highest BCUT2D eigenvalue weighted by Crippen LogP contribution is 2.23. The molecule has 2 aromatic carbocycles. The van der Waals surface area contributed by atoms with Gasteiger partial charge in [0.05, 0.1) is 5.92 Å². The number of carbonyl (C=O) groups is 1. The molecule has 1 atom stereocenters. The average molecular weight is 308 g/mol. The third-order valence-corrected chi connectivity index (χ3v) is 4.57. The zero-order valence-corrected chi connectivity index (χ0v) is 13.5. The van der Waals surface area contributed by atoms with Crippen LogP contribution in [0.15, 0.2) is 55.1 Å². The monoisotopic (exact) mass is 308 g/mol. The number of amides is 1. The Kier molecular flexibility index (Phi) is 5.09. The van der Waals surface area contributed by atoms with Crippen LogP contribution in [0.5, 0.6) is 0 Å². The van der Waals surface area contributed by atoms with Gasteiger partial charge in [-0.15, -0.1) is 6.58 Å². The summed E-state index contributed by atoms with van der Waals surface area (Å²) in [5.41, 5.74) is 1.34. The van der Waals surface area contributed by atoms with Gasteiger partial charge < -0.3 is 5.32 Å². The van der Waals surface area contributed by atoms with Crippen LogP contribution in [0.2, 0.25) is 0 Å². The van der Waals surface area contributed by atoms with Crippen molar-refractivity contribution in [1.82, 2.24) is 10.2 Å². The van der Waals surface area contributed by atoms with E-state index in [2.05, 4.69) is 59.3 Å². The quantitative estimate of drug-likeness (QED) is 0.859. The van der Waals surface area contributed by atoms with Gasteiger partial charge in [0.25, 0.3) is 0 Å². The van der Waals surface area contributed by atoms with Crippen molar-refractivity contribution < 1.29 is 4.79 Å². The Bertz CT molecular complexity index is 690. The summed E-state index contributed by atoms with van der Waals surface area (Å²) in [6.45, 7) is 7.02. The van der Waals surface area contributed by atoms with Crippen molar-refractivity contribution in [2.45, 2.75) is 19.4 Å². The van der Waals surface area contributed by atoms with Crippen molar-refractivity contribution in [2.75, 3.05) is 19.6 Å². The van der Waals surface area contributed by atoms with Crippen LogP contribution in [0.4, 0.5) is 0 Å². The number of likely N-dealkylation sites (tertiary alicyclic amines) is 1. The highest BCUT2D eigenvalue weighted by molar-refractivity contribution is 5.85. The maximum atomic E-state index is 12.2. The summed E-state index contributed by atoms with van der Waals surface area (Å²) < 4.78 is 0. The summed E-state index contributed by atoms with van der Waals surface area (Å²) in [6, 6.07) is 15.0. The molecule has 3 rings (SSSR count). The largest absolute Gasteiger partial charge is 0.352 e. The number of hydrogen-bond donors (Lipinski definition) is 1. The molecular weight excluding hydrogens is 284 g/mol. The van der Waals surface area contributed by atoms with Crippen molar-refractivity contribution in [2.24, 2.45) is 5.92 Å². The molecule has 0 spiro atoms. The zero-order valence-electron chi connectivity index (χ0n) is 13.5. The molecule has 1 fully saturated rings. The normalized spacial score (nSPS) is 18.7. The molecule has 1 heterocycles. The number of carbonyl (C=O) groups excluding carboxylic acids is 1. The van der Waals surface area contributed by atoms with Gasteiger partial charge in [-0.25, -0.2) is 0 Å². The standard InChI is InChI=1S/C20H24N2O/c1-2-12-21-20(23)18-10-6-13-22(15-18)14-17-9-5-8-16-7-3-4-11-19(16)17/h2-5,7-9,11,18H,1,6,10,12-15H2,(H,21,23). The summed E-state index contributed by atoms with van der Waals surface area (Å²) >= 11 is 0. The molecule has 0 aliphatic carbocycles.